The summed E-state index contributed by atoms with van der Waals surface area (Å²) in [7, 11) is -4.14. The van der Waals surface area contributed by atoms with Crippen molar-refractivity contribution in [2.24, 2.45) is 0 Å². The normalized spacial score (nSPS) is 11.4. The Hall–Kier alpha value is -3.50. The Kier molecular flexibility index (Phi) is 4.65. The molecule has 4 aromatic rings. The van der Waals surface area contributed by atoms with Crippen LogP contribution in [0.3, 0.4) is 0 Å². The molecule has 1 heterocycles. The summed E-state index contributed by atoms with van der Waals surface area (Å²) in [6, 6.07) is 17.3. The lowest BCUT2D eigenvalue weighted by molar-refractivity contribution is -0.386. The van der Waals surface area contributed by atoms with Crippen molar-refractivity contribution in [1.29, 1.82) is 0 Å². The first-order valence-corrected chi connectivity index (χ1v) is 10.6. The van der Waals surface area contributed by atoms with Crippen molar-refractivity contribution >= 4 is 43.0 Å². The largest absolute Gasteiger partial charge is 0.502 e. The molecule has 4 rings (SSSR count). The van der Waals surface area contributed by atoms with Gasteiger partial charge in [0.1, 0.15) is 5.01 Å². The maximum atomic E-state index is 12.8. The fourth-order valence-corrected chi connectivity index (χ4v) is 4.87. The maximum absolute atomic E-state index is 12.8. The van der Waals surface area contributed by atoms with Crippen LogP contribution in [-0.4, -0.2) is 23.4 Å². The summed E-state index contributed by atoms with van der Waals surface area (Å²) >= 11 is 1.43. The summed E-state index contributed by atoms with van der Waals surface area (Å²) in [4.78, 5) is 14.4. The minimum Gasteiger partial charge on any atom is -0.502 e. The van der Waals surface area contributed by atoms with Crippen LogP contribution >= 0.6 is 11.3 Å². The van der Waals surface area contributed by atoms with Crippen LogP contribution in [0.5, 0.6) is 5.75 Å². The van der Waals surface area contributed by atoms with Gasteiger partial charge in [0.05, 0.1) is 25.7 Å². The molecule has 0 saturated heterocycles. The van der Waals surface area contributed by atoms with Gasteiger partial charge in [-0.15, -0.1) is 11.3 Å². The Labute approximate surface area is 169 Å². The highest BCUT2D eigenvalue weighted by atomic mass is 32.2. The third kappa shape index (κ3) is 3.62. The number of thiazole rings is 1. The molecule has 0 amide bonds. The van der Waals surface area contributed by atoms with Crippen LogP contribution in [0, 0.1) is 10.1 Å². The molecule has 0 unspecified atom stereocenters. The number of nitrogens with zero attached hydrogens (tertiary/aromatic N) is 2. The number of hydrogen-bond donors (Lipinski definition) is 2. The van der Waals surface area contributed by atoms with Gasteiger partial charge in [0, 0.05) is 11.6 Å². The summed E-state index contributed by atoms with van der Waals surface area (Å²) in [5.41, 5.74) is 1.000. The van der Waals surface area contributed by atoms with E-state index >= 15 is 0 Å². The molecule has 0 aliphatic heterocycles. The SMILES string of the molecule is O=[N+]([O-])c1cc(S(=O)(=O)Nc2ccccc2-c2nc3ccccc3s2)ccc1O. The molecule has 0 bridgehead atoms. The van der Waals surface area contributed by atoms with E-state index in [4.69, 9.17) is 0 Å². The summed E-state index contributed by atoms with van der Waals surface area (Å²) in [5, 5.41) is 21.2. The second kappa shape index (κ2) is 7.15. The van der Waals surface area contributed by atoms with E-state index in [1.165, 1.54) is 11.3 Å². The van der Waals surface area contributed by atoms with Gasteiger partial charge in [0.15, 0.2) is 5.75 Å². The molecule has 0 atom stereocenters. The summed E-state index contributed by atoms with van der Waals surface area (Å²) in [5.74, 6) is -0.608. The molecule has 0 spiro atoms. The van der Waals surface area contributed by atoms with Crippen molar-refractivity contribution < 1.29 is 18.4 Å². The summed E-state index contributed by atoms with van der Waals surface area (Å²) in [6.45, 7) is 0. The first-order chi connectivity index (χ1) is 13.8. The van der Waals surface area contributed by atoms with E-state index in [2.05, 4.69) is 9.71 Å². The van der Waals surface area contributed by atoms with E-state index < -0.39 is 26.4 Å². The van der Waals surface area contributed by atoms with Gasteiger partial charge in [0.25, 0.3) is 10.0 Å². The number of aromatic nitrogens is 1. The number of anilines is 1. The number of nitro benzene ring substituents is 1. The van der Waals surface area contributed by atoms with E-state index in [1.54, 1.807) is 24.3 Å². The van der Waals surface area contributed by atoms with Gasteiger partial charge in [-0.3, -0.25) is 14.8 Å². The predicted molar refractivity (Wildman–Crippen MR) is 111 cm³/mol. The molecular formula is C19H13N3O5S2. The van der Waals surface area contributed by atoms with E-state index in [0.717, 1.165) is 28.4 Å². The van der Waals surface area contributed by atoms with Crippen LogP contribution in [0.4, 0.5) is 11.4 Å². The van der Waals surface area contributed by atoms with Crippen LogP contribution in [-0.2, 0) is 10.0 Å². The highest BCUT2D eigenvalue weighted by Gasteiger charge is 2.22. The number of rotatable bonds is 5. The average molecular weight is 427 g/mol. The standard InChI is InChI=1S/C19H13N3O5S2/c23-17-10-9-12(11-16(17)22(24)25)29(26,27)21-14-6-2-1-5-13(14)19-20-15-7-3-4-8-18(15)28-19/h1-11,21,23H. The van der Waals surface area contributed by atoms with Gasteiger partial charge in [-0.1, -0.05) is 24.3 Å². The van der Waals surface area contributed by atoms with Crippen molar-refractivity contribution in [3.05, 3.63) is 76.8 Å². The van der Waals surface area contributed by atoms with Gasteiger partial charge in [-0.05, 0) is 36.4 Å². The topological polar surface area (TPSA) is 122 Å². The van der Waals surface area contributed by atoms with Crippen molar-refractivity contribution in [2.75, 3.05) is 4.72 Å². The molecular weight excluding hydrogens is 414 g/mol. The molecule has 8 nitrogen and oxygen atoms in total. The molecule has 0 fully saturated rings. The number of fused-ring (bicyclic) bond motifs is 1. The minimum absolute atomic E-state index is 0.294. The number of benzene rings is 3. The Balaban J connectivity index is 1.75. The summed E-state index contributed by atoms with van der Waals surface area (Å²) < 4.78 is 29.1. The van der Waals surface area contributed by atoms with E-state index in [-0.39, 0.29) is 4.90 Å². The third-order valence-corrected chi connectivity index (χ3v) is 6.58. The highest BCUT2D eigenvalue weighted by molar-refractivity contribution is 7.92. The van der Waals surface area contributed by atoms with Crippen molar-refractivity contribution in [2.45, 2.75) is 4.90 Å². The zero-order valence-electron chi connectivity index (χ0n) is 14.6. The number of phenols is 1. The molecule has 29 heavy (non-hydrogen) atoms. The number of sulfonamides is 1. The molecule has 1 aromatic heterocycles. The Morgan fingerprint density at radius 2 is 1.76 bits per heavy atom. The molecule has 0 radical (unpaired) electrons. The minimum atomic E-state index is -4.14. The number of aromatic hydroxyl groups is 1. The third-order valence-electron chi connectivity index (χ3n) is 4.15. The van der Waals surface area contributed by atoms with E-state index in [9.17, 15) is 23.6 Å². The van der Waals surface area contributed by atoms with Gasteiger partial charge in [-0.25, -0.2) is 13.4 Å². The molecule has 0 aliphatic rings. The molecule has 0 aliphatic carbocycles. The summed E-state index contributed by atoms with van der Waals surface area (Å²) in [6.07, 6.45) is 0. The fraction of sp³-hybridized carbons (Fsp3) is 0. The number of nitro groups is 1. The second-order valence-corrected chi connectivity index (χ2v) is 8.76. The van der Waals surface area contributed by atoms with Gasteiger partial charge in [-0.2, -0.15) is 0 Å². The van der Waals surface area contributed by atoms with Crippen LogP contribution in [0.15, 0.2) is 71.6 Å². The van der Waals surface area contributed by atoms with Crippen LogP contribution in [0.1, 0.15) is 0 Å². The zero-order chi connectivity index (χ0) is 20.6. The molecule has 2 N–H and O–H groups in total. The van der Waals surface area contributed by atoms with Crippen LogP contribution in [0.2, 0.25) is 0 Å². The molecule has 10 heteroatoms. The average Bonchev–Trinajstić information content (AvgIpc) is 3.12. The number of para-hydroxylation sites is 2. The lowest BCUT2D eigenvalue weighted by atomic mass is 10.2. The highest BCUT2D eigenvalue weighted by Crippen LogP contribution is 2.36. The molecule has 146 valence electrons. The lowest BCUT2D eigenvalue weighted by Gasteiger charge is -2.11. The van der Waals surface area contributed by atoms with Gasteiger partial charge >= 0.3 is 5.69 Å². The Bertz CT molecular complexity index is 1320. The second-order valence-electron chi connectivity index (χ2n) is 6.05. The predicted octanol–water partition coefficient (Wildman–Crippen LogP) is 4.38. The fourth-order valence-electron chi connectivity index (χ4n) is 2.77. The van der Waals surface area contributed by atoms with E-state index in [1.807, 2.05) is 24.3 Å². The van der Waals surface area contributed by atoms with Crippen molar-refractivity contribution in [3.8, 4) is 16.3 Å². The number of phenolic OH excluding ortho intramolecular Hbond substituents is 1. The monoisotopic (exact) mass is 427 g/mol. The molecule has 0 saturated carbocycles. The Morgan fingerprint density at radius 3 is 2.52 bits per heavy atom. The quantitative estimate of drug-likeness (QED) is 0.360. The van der Waals surface area contributed by atoms with Crippen LogP contribution < -0.4 is 4.72 Å². The lowest BCUT2D eigenvalue weighted by Crippen LogP contribution is -2.13. The van der Waals surface area contributed by atoms with Crippen LogP contribution in [0.25, 0.3) is 20.8 Å². The van der Waals surface area contributed by atoms with E-state index in [0.29, 0.717) is 16.3 Å². The number of hydrogen-bond acceptors (Lipinski definition) is 7. The van der Waals surface area contributed by atoms with Gasteiger partial charge < -0.3 is 5.11 Å². The number of nitrogens with one attached hydrogen (secondary N) is 1. The van der Waals surface area contributed by atoms with Crippen molar-refractivity contribution in [1.82, 2.24) is 4.98 Å². The Morgan fingerprint density at radius 1 is 1.03 bits per heavy atom. The van der Waals surface area contributed by atoms with Gasteiger partial charge in [0.2, 0.25) is 0 Å². The smallest absolute Gasteiger partial charge is 0.312 e. The maximum Gasteiger partial charge on any atom is 0.312 e. The molecule has 3 aromatic carbocycles. The first kappa shape index (κ1) is 18.8. The van der Waals surface area contributed by atoms with Crippen molar-refractivity contribution in [3.63, 3.8) is 0 Å². The zero-order valence-corrected chi connectivity index (χ0v) is 16.3. The first-order valence-electron chi connectivity index (χ1n) is 8.30.